The van der Waals surface area contributed by atoms with Gasteiger partial charge in [-0.05, 0) is 43.8 Å². The molecule has 2 aromatic rings. The quantitative estimate of drug-likeness (QED) is 0.725. The van der Waals surface area contributed by atoms with Crippen molar-refractivity contribution in [3.63, 3.8) is 0 Å². The number of hydrogen-bond donors (Lipinski definition) is 3. The number of rotatable bonds is 5. The average Bonchev–Trinajstić information content (AvgIpc) is 3.31. The fraction of sp³-hybridized carbons (Fsp3) is 0.556. The number of amides is 1. The van der Waals surface area contributed by atoms with Crippen molar-refractivity contribution in [1.82, 2.24) is 30.9 Å². The SMILES string of the molecule is O=C(NCCc1csc(-c2ncccn2)n1)[C@H]1CC2(CCNCC2)CN1. The molecule has 2 aliphatic rings. The third-order valence-electron chi connectivity index (χ3n) is 5.33. The Morgan fingerprint density at radius 2 is 2.12 bits per heavy atom. The first-order valence-corrected chi connectivity index (χ1v) is 10.1. The maximum atomic E-state index is 12.5. The van der Waals surface area contributed by atoms with E-state index in [9.17, 15) is 4.79 Å². The molecule has 2 aliphatic heterocycles. The van der Waals surface area contributed by atoms with Gasteiger partial charge in [0.2, 0.25) is 5.91 Å². The minimum atomic E-state index is -0.0585. The Labute approximate surface area is 157 Å². The van der Waals surface area contributed by atoms with Gasteiger partial charge in [-0.1, -0.05) is 0 Å². The Hall–Kier alpha value is -1.90. The molecular formula is C18H24N6OS. The van der Waals surface area contributed by atoms with Crippen LogP contribution in [-0.2, 0) is 11.2 Å². The van der Waals surface area contributed by atoms with Crippen molar-refractivity contribution in [3.05, 3.63) is 29.5 Å². The highest BCUT2D eigenvalue weighted by Gasteiger charge is 2.41. The minimum Gasteiger partial charge on any atom is -0.354 e. The van der Waals surface area contributed by atoms with Gasteiger partial charge in [0.05, 0.1) is 11.7 Å². The van der Waals surface area contributed by atoms with Gasteiger partial charge < -0.3 is 16.0 Å². The van der Waals surface area contributed by atoms with Crippen molar-refractivity contribution in [3.8, 4) is 10.8 Å². The van der Waals surface area contributed by atoms with Gasteiger partial charge in [-0.15, -0.1) is 11.3 Å². The lowest BCUT2D eigenvalue weighted by Gasteiger charge is -2.33. The molecule has 2 aromatic heterocycles. The first kappa shape index (κ1) is 17.5. The van der Waals surface area contributed by atoms with E-state index in [1.165, 1.54) is 11.3 Å². The normalized spacial score (nSPS) is 21.8. The number of nitrogens with zero attached hydrogens (tertiary/aromatic N) is 3. The van der Waals surface area contributed by atoms with Crippen LogP contribution in [-0.4, -0.2) is 53.1 Å². The van der Waals surface area contributed by atoms with Crippen LogP contribution < -0.4 is 16.0 Å². The zero-order valence-electron chi connectivity index (χ0n) is 14.7. The molecule has 0 saturated carbocycles. The van der Waals surface area contributed by atoms with Gasteiger partial charge in [-0.3, -0.25) is 4.79 Å². The lowest BCUT2D eigenvalue weighted by molar-refractivity contribution is -0.122. The zero-order chi connectivity index (χ0) is 17.8. The maximum absolute atomic E-state index is 12.5. The molecule has 7 nitrogen and oxygen atoms in total. The third-order valence-corrected chi connectivity index (χ3v) is 6.22. The van der Waals surface area contributed by atoms with E-state index in [4.69, 9.17) is 0 Å². The highest BCUT2D eigenvalue weighted by Crippen LogP contribution is 2.37. The van der Waals surface area contributed by atoms with Gasteiger partial charge in [0.1, 0.15) is 0 Å². The van der Waals surface area contributed by atoms with Crippen LogP contribution >= 0.6 is 11.3 Å². The summed E-state index contributed by atoms with van der Waals surface area (Å²) in [4.78, 5) is 25.5. The molecule has 0 aromatic carbocycles. The Balaban J connectivity index is 1.25. The van der Waals surface area contributed by atoms with Crippen molar-refractivity contribution < 1.29 is 4.79 Å². The van der Waals surface area contributed by atoms with Crippen LogP contribution in [0.25, 0.3) is 10.8 Å². The molecule has 0 bridgehead atoms. The monoisotopic (exact) mass is 372 g/mol. The van der Waals surface area contributed by atoms with Gasteiger partial charge in [0.15, 0.2) is 10.8 Å². The van der Waals surface area contributed by atoms with Crippen LogP contribution in [0, 0.1) is 5.41 Å². The summed E-state index contributed by atoms with van der Waals surface area (Å²) in [6, 6.07) is 1.73. The van der Waals surface area contributed by atoms with E-state index in [2.05, 4.69) is 30.9 Å². The molecule has 4 rings (SSSR count). The molecule has 4 heterocycles. The average molecular weight is 372 g/mol. The summed E-state index contributed by atoms with van der Waals surface area (Å²) in [7, 11) is 0. The lowest BCUT2D eigenvalue weighted by atomic mass is 9.77. The molecule has 2 saturated heterocycles. The van der Waals surface area contributed by atoms with Gasteiger partial charge in [0, 0.05) is 37.3 Å². The molecule has 138 valence electrons. The topological polar surface area (TPSA) is 91.8 Å². The molecule has 2 fully saturated rings. The molecule has 1 atom stereocenters. The fourth-order valence-corrected chi connectivity index (χ4v) is 4.61. The summed E-state index contributed by atoms with van der Waals surface area (Å²) in [5, 5.41) is 12.7. The smallest absolute Gasteiger partial charge is 0.237 e. The predicted octanol–water partition coefficient (Wildman–Crippen LogP) is 0.990. The fourth-order valence-electron chi connectivity index (χ4n) is 3.81. The first-order valence-electron chi connectivity index (χ1n) is 9.18. The van der Waals surface area contributed by atoms with Crippen LogP contribution in [0.5, 0.6) is 0 Å². The van der Waals surface area contributed by atoms with Crippen molar-refractivity contribution in [1.29, 1.82) is 0 Å². The van der Waals surface area contributed by atoms with Crippen molar-refractivity contribution in [2.24, 2.45) is 5.41 Å². The first-order chi connectivity index (χ1) is 12.7. The van der Waals surface area contributed by atoms with Crippen LogP contribution in [0.4, 0.5) is 0 Å². The van der Waals surface area contributed by atoms with Crippen molar-refractivity contribution in [2.45, 2.75) is 31.7 Å². The molecular weight excluding hydrogens is 348 g/mol. The molecule has 0 aliphatic carbocycles. The number of nitrogens with one attached hydrogen (secondary N) is 3. The molecule has 0 radical (unpaired) electrons. The van der Waals surface area contributed by atoms with Crippen LogP contribution in [0.1, 0.15) is 25.0 Å². The second kappa shape index (κ2) is 7.77. The standard InChI is InChI=1S/C18H24N6OS/c25-16(14-10-18(12-23-14)3-8-19-9-4-18)22-7-2-13-11-26-17(24-13)15-20-5-1-6-21-15/h1,5-6,11,14,19,23H,2-4,7-10,12H2,(H,22,25)/t14-/m1/s1. The minimum absolute atomic E-state index is 0.0585. The van der Waals surface area contributed by atoms with Crippen molar-refractivity contribution in [2.75, 3.05) is 26.2 Å². The number of piperidine rings is 1. The van der Waals surface area contributed by atoms with E-state index in [1.54, 1.807) is 18.5 Å². The number of hydrogen-bond acceptors (Lipinski definition) is 7. The van der Waals surface area contributed by atoms with E-state index < -0.39 is 0 Å². The molecule has 1 spiro atoms. The largest absolute Gasteiger partial charge is 0.354 e. The molecule has 8 heteroatoms. The number of thiazole rings is 1. The summed E-state index contributed by atoms with van der Waals surface area (Å²) in [5.74, 6) is 0.762. The van der Waals surface area contributed by atoms with Crippen LogP contribution in [0.3, 0.4) is 0 Å². The molecule has 3 N–H and O–H groups in total. The summed E-state index contributed by atoms with van der Waals surface area (Å²) < 4.78 is 0. The third kappa shape index (κ3) is 3.92. The number of aromatic nitrogens is 3. The number of carbonyl (C=O) groups is 1. The second-order valence-electron chi connectivity index (χ2n) is 7.15. The highest BCUT2D eigenvalue weighted by molar-refractivity contribution is 7.13. The van der Waals surface area contributed by atoms with Gasteiger partial charge >= 0.3 is 0 Å². The van der Waals surface area contributed by atoms with E-state index in [-0.39, 0.29) is 11.9 Å². The molecule has 0 unspecified atom stereocenters. The summed E-state index contributed by atoms with van der Waals surface area (Å²) in [6.07, 6.45) is 7.42. The Bertz CT molecular complexity index is 743. The highest BCUT2D eigenvalue weighted by atomic mass is 32.1. The summed E-state index contributed by atoms with van der Waals surface area (Å²) in [5.41, 5.74) is 1.28. The second-order valence-corrected chi connectivity index (χ2v) is 8.00. The zero-order valence-corrected chi connectivity index (χ0v) is 15.5. The Morgan fingerprint density at radius 3 is 2.92 bits per heavy atom. The molecule has 26 heavy (non-hydrogen) atoms. The van der Waals surface area contributed by atoms with Crippen LogP contribution in [0.2, 0.25) is 0 Å². The van der Waals surface area contributed by atoms with Gasteiger partial charge in [0.25, 0.3) is 0 Å². The van der Waals surface area contributed by atoms with Crippen LogP contribution in [0.15, 0.2) is 23.8 Å². The van der Waals surface area contributed by atoms with E-state index >= 15 is 0 Å². The Kier molecular flexibility index (Phi) is 5.23. The van der Waals surface area contributed by atoms with Gasteiger partial charge in [-0.25, -0.2) is 15.0 Å². The Morgan fingerprint density at radius 1 is 1.31 bits per heavy atom. The lowest BCUT2D eigenvalue weighted by Crippen LogP contribution is -2.41. The summed E-state index contributed by atoms with van der Waals surface area (Å²) >= 11 is 1.53. The van der Waals surface area contributed by atoms with E-state index in [1.807, 2.05) is 5.38 Å². The van der Waals surface area contributed by atoms with Gasteiger partial charge in [-0.2, -0.15) is 0 Å². The maximum Gasteiger partial charge on any atom is 0.237 e. The predicted molar refractivity (Wildman–Crippen MR) is 101 cm³/mol. The van der Waals surface area contributed by atoms with Crippen molar-refractivity contribution >= 4 is 17.2 Å². The van der Waals surface area contributed by atoms with E-state index in [0.717, 1.165) is 56.0 Å². The van der Waals surface area contributed by atoms with E-state index in [0.29, 0.717) is 17.8 Å². The molecule has 1 amide bonds. The summed E-state index contributed by atoms with van der Waals surface area (Å²) in [6.45, 7) is 3.68. The number of carbonyl (C=O) groups excluding carboxylic acids is 1.